The van der Waals surface area contributed by atoms with Gasteiger partial charge in [-0.3, -0.25) is 0 Å². The van der Waals surface area contributed by atoms with Gasteiger partial charge in [-0.25, -0.2) is 8.42 Å². The molecule has 0 saturated carbocycles. The smallest absolute Gasteiger partial charge is 0.150 e. The Hall–Kier alpha value is -0.600. The van der Waals surface area contributed by atoms with E-state index in [-0.39, 0.29) is 24.0 Å². The van der Waals surface area contributed by atoms with Gasteiger partial charge in [-0.1, -0.05) is 6.92 Å². The summed E-state index contributed by atoms with van der Waals surface area (Å²) in [6.07, 6.45) is 1.08. The summed E-state index contributed by atoms with van der Waals surface area (Å²) in [5, 5.41) is 17.6. The molecule has 0 spiro atoms. The van der Waals surface area contributed by atoms with Crippen LogP contribution in [0, 0.1) is 22.7 Å². The first-order valence-corrected chi connectivity index (χ1v) is 7.27. The van der Waals surface area contributed by atoms with Crippen molar-refractivity contribution in [1.29, 1.82) is 5.26 Å². The van der Waals surface area contributed by atoms with E-state index in [1.807, 2.05) is 0 Å². The summed E-state index contributed by atoms with van der Waals surface area (Å²) in [6, 6.07) is 2.14. The van der Waals surface area contributed by atoms with Crippen LogP contribution < -0.4 is 0 Å². The molecular formula is C11H21NO3S. The maximum absolute atomic E-state index is 11.6. The molecule has 0 aliphatic rings. The van der Waals surface area contributed by atoms with Gasteiger partial charge in [-0.05, 0) is 32.6 Å². The van der Waals surface area contributed by atoms with E-state index in [9.17, 15) is 8.42 Å². The molecule has 1 N–H and O–H groups in total. The third kappa shape index (κ3) is 6.81. The summed E-state index contributed by atoms with van der Waals surface area (Å²) in [4.78, 5) is 0. The summed E-state index contributed by atoms with van der Waals surface area (Å²) >= 11 is 0. The first-order chi connectivity index (χ1) is 7.22. The Labute approximate surface area is 98.2 Å². The van der Waals surface area contributed by atoms with E-state index in [0.29, 0.717) is 12.8 Å². The minimum Gasteiger partial charge on any atom is -0.396 e. The number of rotatable bonds is 7. The molecule has 0 rings (SSSR count). The summed E-state index contributed by atoms with van der Waals surface area (Å²) < 4.78 is 23.2. The van der Waals surface area contributed by atoms with Gasteiger partial charge in [0.2, 0.25) is 0 Å². The molecule has 0 aromatic rings. The third-order valence-electron chi connectivity index (χ3n) is 2.41. The second-order valence-corrected chi connectivity index (χ2v) is 7.23. The lowest BCUT2D eigenvalue weighted by Crippen LogP contribution is -2.20. The van der Waals surface area contributed by atoms with E-state index in [1.54, 1.807) is 20.8 Å². The van der Waals surface area contributed by atoms with Gasteiger partial charge >= 0.3 is 0 Å². The van der Waals surface area contributed by atoms with Crippen LogP contribution >= 0.6 is 0 Å². The van der Waals surface area contributed by atoms with Crippen molar-refractivity contribution in [1.82, 2.24) is 0 Å². The SMILES string of the molecule is CC(CO)CS(=O)(=O)CCCC(C)(C)C#N. The van der Waals surface area contributed by atoms with Crippen LogP contribution in [-0.2, 0) is 9.84 Å². The molecule has 0 bridgehead atoms. The molecule has 0 aromatic heterocycles. The number of nitrogens with zero attached hydrogens (tertiary/aromatic N) is 1. The molecule has 0 fully saturated rings. The van der Waals surface area contributed by atoms with Crippen LogP contribution in [0.2, 0.25) is 0 Å². The molecule has 0 aliphatic carbocycles. The zero-order chi connectivity index (χ0) is 12.8. The number of hydrogen-bond acceptors (Lipinski definition) is 4. The molecule has 0 aromatic carbocycles. The first kappa shape index (κ1) is 15.4. The van der Waals surface area contributed by atoms with Crippen molar-refractivity contribution in [3.05, 3.63) is 0 Å². The summed E-state index contributed by atoms with van der Waals surface area (Å²) in [7, 11) is -3.09. The normalized spacial score (nSPS) is 14.4. The molecule has 94 valence electrons. The van der Waals surface area contributed by atoms with Crippen molar-refractivity contribution in [2.45, 2.75) is 33.6 Å². The quantitative estimate of drug-likeness (QED) is 0.736. The van der Waals surface area contributed by atoms with Gasteiger partial charge in [0.15, 0.2) is 9.84 Å². The largest absolute Gasteiger partial charge is 0.396 e. The van der Waals surface area contributed by atoms with Crippen molar-refractivity contribution in [3.63, 3.8) is 0 Å². The zero-order valence-electron chi connectivity index (χ0n) is 10.2. The predicted molar refractivity (Wildman–Crippen MR) is 63.5 cm³/mol. The molecule has 4 nitrogen and oxygen atoms in total. The Balaban J connectivity index is 4.08. The second-order valence-electron chi connectivity index (χ2n) is 5.00. The Kier molecular flexibility index (Phi) is 5.98. The Bertz CT molecular complexity index is 341. The van der Waals surface area contributed by atoms with E-state index in [2.05, 4.69) is 6.07 Å². The average Bonchev–Trinajstić information content (AvgIpc) is 2.16. The first-order valence-electron chi connectivity index (χ1n) is 5.45. The predicted octanol–water partition coefficient (Wildman–Crippen LogP) is 1.36. The fourth-order valence-electron chi connectivity index (χ4n) is 1.36. The average molecular weight is 247 g/mol. The minimum atomic E-state index is -3.09. The van der Waals surface area contributed by atoms with Gasteiger partial charge in [0, 0.05) is 6.61 Å². The molecule has 1 atom stereocenters. The highest BCUT2D eigenvalue weighted by atomic mass is 32.2. The lowest BCUT2D eigenvalue weighted by Gasteiger charge is -2.15. The fraction of sp³-hybridized carbons (Fsp3) is 0.909. The second kappa shape index (κ2) is 6.21. The van der Waals surface area contributed by atoms with Crippen LogP contribution in [-0.4, -0.2) is 31.6 Å². The van der Waals surface area contributed by atoms with Gasteiger partial charge < -0.3 is 5.11 Å². The number of aliphatic hydroxyl groups excluding tert-OH is 1. The Morgan fingerprint density at radius 2 is 2.00 bits per heavy atom. The third-order valence-corrected chi connectivity index (χ3v) is 4.40. The van der Waals surface area contributed by atoms with Crippen molar-refractivity contribution in [2.75, 3.05) is 18.1 Å². The monoisotopic (exact) mass is 247 g/mol. The molecule has 0 aliphatic heterocycles. The molecule has 16 heavy (non-hydrogen) atoms. The maximum Gasteiger partial charge on any atom is 0.150 e. The lowest BCUT2D eigenvalue weighted by molar-refractivity contribution is 0.249. The zero-order valence-corrected chi connectivity index (χ0v) is 11.0. The van der Waals surface area contributed by atoms with Crippen LogP contribution in [0.3, 0.4) is 0 Å². The van der Waals surface area contributed by atoms with E-state index in [4.69, 9.17) is 10.4 Å². The summed E-state index contributed by atoms with van der Waals surface area (Å²) in [5.74, 6) is -0.0900. The van der Waals surface area contributed by atoms with E-state index < -0.39 is 15.3 Å². The number of sulfone groups is 1. The molecule has 0 radical (unpaired) electrons. The maximum atomic E-state index is 11.6. The van der Waals surface area contributed by atoms with Crippen LogP contribution in [0.5, 0.6) is 0 Å². The lowest BCUT2D eigenvalue weighted by atomic mass is 9.90. The van der Waals surface area contributed by atoms with Gasteiger partial charge in [-0.15, -0.1) is 0 Å². The molecule has 0 saturated heterocycles. The van der Waals surface area contributed by atoms with Crippen LogP contribution in [0.15, 0.2) is 0 Å². The van der Waals surface area contributed by atoms with Crippen molar-refractivity contribution >= 4 is 9.84 Å². The van der Waals surface area contributed by atoms with Crippen molar-refractivity contribution in [2.24, 2.45) is 11.3 Å². The van der Waals surface area contributed by atoms with E-state index in [1.165, 1.54) is 0 Å². The minimum absolute atomic E-state index is 0.0243. The molecule has 5 heteroatoms. The van der Waals surface area contributed by atoms with Crippen LogP contribution in [0.1, 0.15) is 33.6 Å². The molecule has 0 heterocycles. The summed E-state index contributed by atoms with van der Waals surface area (Å²) in [6.45, 7) is 5.20. The van der Waals surface area contributed by atoms with E-state index >= 15 is 0 Å². The van der Waals surface area contributed by atoms with Gasteiger partial charge in [-0.2, -0.15) is 5.26 Å². The van der Waals surface area contributed by atoms with Crippen molar-refractivity contribution in [3.8, 4) is 6.07 Å². The van der Waals surface area contributed by atoms with Crippen molar-refractivity contribution < 1.29 is 13.5 Å². The van der Waals surface area contributed by atoms with Crippen LogP contribution in [0.4, 0.5) is 0 Å². The molecule has 1 unspecified atom stereocenters. The number of nitriles is 1. The van der Waals surface area contributed by atoms with E-state index in [0.717, 1.165) is 0 Å². The standard InChI is InChI=1S/C11H21NO3S/c1-10(7-13)8-16(14,15)6-4-5-11(2,3)9-12/h10,13H,4-8H2,1-3H3. The highest BCUT2D eigenvalue weighted by molar-refractivity contribution is 7.91. The van der Waals surface area contributed by atoms with Gasteiger partial charge in [0.1, 0.15) is 0 Å². The topological polar surface area (TPSA) is 78.2 Å². The highest BCUT2D eigenvalue weighted by Gasteiger charge is 2.20. The van der Waals surface area contributed by atoms with Gasteiger partial charge in [0.25, 0.3) is 0 Å². The molecule has 0 amide bonds. The Morgan fingerprint density at radius 1 is 1.44 bits per heavy atom. The highest BCUT2D eigenvalue weighted by Crippen LogP contribution is 2.21. The number of aliphatic hydroxyl groups is 1. The van der Waals surface area contributed by atoms with Gasteiger partial charge in [0.05, 0.1) is 23.0 Å². The summed E-state index contributed by atoms with van der Waals surface area (Å²) in [5.41, 5.74) is -0.460. The van der Waals surface area contributed by atoms with Crippen LogP contribution in [0.25, 0.3) is 0 Å². The number of hydrogen-bond donors (Lipinski definition) is 1. The fourth-order valence-corrected chi connectivity index (χ4v) is 3.08. The Morgan fingerprint density at radius 3 is 2.44 bits per heavy atom. The molecular weight excluding hydrogens is 226 g/mol.